The van der Waals surface area contributed by atoms with E-state index in [1.54, 1.807) is 6.20 Å². The molecule has 4 fully saturated rings. The number of fused-ring (bicyclic) bond motifs is 3. The second-order valence-corrected chi connectivity index (χ2v) is 10.4. The van der Waals surface area contributed by atoms with Crippen molar-refractivity contribution >= 4 is 0 Å². The van der Waals surface area contributed by atoms with Crippen LogP contribution in [0.3, 0.4) is 0 Å². The first-order valence-corrected chi connectivity index (χ1v) is 12.4. The first-order chi connectivity index (χ1) is 16.0. The van der Waals surface area contributed by atoms with Crippen molar-refractivity contribution in [1.29, 1.82) is 0 Å². The lowest BCUT2D eigenvalue weighted by Crippen LogP contribution is -2.55. The number of pyridine rings is 1. The van der Waals surface area contributed by atoms with E-state index < -0.39 is 6.43 Å². The largest absolute Gasteiger partial charge is 0.491 e. The van der Waals surface area contributed by atoms with Crippen molar-refractivity contribution < 1.29 is 17.9 Å². The smallest absolute Gasteiger partial charge is 0.251 e. The molecule has 6 nitrogen and oxygen atoms in total. The summed E-state index contributed by atoms with van der Waals surface area (Å²) in [4.78, 5) is 8.90. The number of nitrogens with zero attached hydrogens (tertiary/aromatic N) is 3. The average molecular weight is 468 g/mol. The summed E-state index contributed by atoms with van der Waals surface area (Å²) in [5, 5.41) is 0. The minimum absolute atomic E-state index is 0.0898. The van der Waals surface area contributed by atoms with E-state index in [9.17, 15) is 13.2 Å². The molecule has 1 aliphatic carbocycles. The molecule has 9 heteroatoms. The van der Waals surface area contributed by atoms with Gasteiger partial charge in [-0.1, -0.05) is 0 Å². The zero-order chi connectivity index (χ0) is 22.9. The van der Waals surface area contributed by atoms with Crippen molar-refractivity contribution in [1.82, 2.24) is 25.6 Å². The quantitative estimate of drug-likeness (QED) is 0.613. The third kappa shape index (κ3) is 4.88. The Morgan fingerprint density at radius 3 is 2.76 bits per heavy atom. The number of halogens is 3. The molecule has 1 aromatic heterocycles. The summed E-state index contributed by atoms with van der Waals surface area (Å²) in [6, 6.07) is 4.36. The molecule has 1 saturated carbocycles. The second-order valence-electron chi connectivity index (χ2n) is 10.4. The van der Waals surface area contributed by atoms with Crippen LogP contribution in [0.2, 0.25) is 0 Å². The van der Waals surface area contributed by atoms with E-state index in [1.807, 2.05) is 17.0 Å². The van der Waals surface area contributed by atoms with E-state index in [1.165, 1.54) is 0 Å². The molecule has 184 valence electrons. The number of rotatable bonds is 8. The molecule has 4 heterocycles. The maximum atomic E-state index is 13.5. The van der Waals surface area contributed by atoms with Crippen LogP contribution in [0.1, 0.15) is 37.9 Å². The van der Waals surface area contributed by atoms with E-state index in [0.717, 1.165) is 51.1 Å². The molecular formula is C24H36F3N5O. The Hall–Kier alpha value is -1.42. The highest BCUT2D eigenvalue weighted by atomic mass is 19.3. The predicted molar refractivity (Wildman–Crippen MR) is 120 cm³/mol. The standard InChI is InChI=1S/C24H36F3N5O/c1-15-8-19-18(3-5-21-20(19)11-29-30-21)24(32(15)14-23(26)27)22-4-2-17(10-28-22)33-7-6-31-12-16(9-25)13-31/h2,4,10,15-16,18-21,23-24,29-30H,3,5-9,11-14H2,1H3/t15-,18?,19?,20?,21?,24+/m1/s1. The third-order valence-corrected chi connectivity index (χ3v) is 8.33. The fraction of sp³-hybridized carbons (Fsp3) is 0.792. The van der Waals surface area contributed by atoms with E-state index in [2.05, 4.69) is 22.7 Å². The van der Waals surface area contributed by atoms with E-state index in [0.29, 0.717) is 36.2 Å². The minimum Gasteiger partial charge on any atom is -0.491 e. The van der Waals surface area contributed by atoms with E-state index >= 15 is 0 Å². The molecule has 4 aliphatic rings. The molecule has 0 bridgehead atoms. The Bertz CT molecular complexity index is 778. The molecular weight excluding hydrogens is 431 g/mol. The summed E-state index contributed by atoms with van der Waals surface area (Å²) in [5.41, 5.74) is 7.61. The number of likely N-dealkylation sites (tertiary alicyclic amines) is 2. The molecule has 33 heavy (non-hydrogen) atoms. The van der Waals surface area contributed by atoms with Gasteiger partial charge >= 0.3 is 0 Å². The number of ether oxygens (including phenoxy) is 1. The van der Waals surface area contributed by atoms with Gasteiger partial charge in [0.2, 0.25) is 0 Å². The molecule has 0 spiro atoms. The molecule has 6 atom stereocenters. The van der Waals surface area contributed by atoms with Crippen molar-refractivity contribution in [2.24, 2.45) is 23.7 Å². The summed E-state index contributed by atoms with van der Waals surface area (Å²) in [6.45, 7) is 5.48. The van der Waals surface area contributed by atoms with Crippen LogP contribution in [0.4, 0.5) is 13.2 Å². The highest BCUT2D eigenvalue weighted by Gasteiger charge is 2.51. The average Bonchev–Trinajstić information content (AvgIpc) is 3.26. The van der Waals surface area contributed by atoms with E-state index in [4.69, 9.17) is 9.72 Å². The normalized spacial score (nSPS) is 35.3. The summed E-state index contributed by atoms with van der Waals surface area (Å²) in [6.07, 6.45) is 2.41. The summed E-state index contributed by atoms with van der Waals surface area (Å²) >= 11 is 0. The summed E-state index contributed by atoms with van der Waals surface area (Å²) in [7, 11) is 0. The van der Waals surface area contributed by atoms with Gasteiger partial charge in [0.1, 0.15) is 12.4 Å². The minimum atomic E-state index is -2.36. The van der Waals surface area contributed by atoms with Gasteiger partial charge in [0.15, 0.2) is 0 Å². The second kappa shape index (κ2) is 10.1. The highest BCUT2D eigenvalue weighted by molar-refractivity contribution is 5.23. The van der Waals surface area contributed by atoms with Crippen LogP contribution in [-0.2, 0) is 0 Å². The number of aromatic nitrogens is 1. The number of hydrogen-bond acceptors (Lipinski definition) is 6. The SMILES string of the molecule is C[C@@H]1CC2C3CNNC3CCC2[C@@H](c2ccc(OCCN3CC(CF)C3)cn2)N1CC(F)F. The maximum Gasteiger partial charge on any atom is 0.251 e. The molecule has 5 rings (SSSR count). The van der Waals surface area contributed by atoms with Crippen LogP contribution in [0.5, 0.6) is 5.75 Å². The number of hydrogen-bond donors (Lipinski definition) is 2. The molecule has 4 unspecified atom stereocenters. The third-order valence-electron chi connectivity index (χ3n) is 8.33. The Kier molecular flexibility index (Phi) is 7.11. The Morgan fingerprint density at radius 1 is 1.18 bits per heavy atom. The van der Waals surface area contributed by atoms with Crippen LogP contribution in [0.15, 0.2) is 18.3 Å². The van der Waals surface area contributed by atoms with Gasteiger partial charge in [-0.15, -0.1) is 0 Å². The number of alkyl halides is 3. The van der Waals surface area contributed by atoms with Gasteiger partial charge in [0.25, 0.3) is 6.43 Å². The predicted octanol–water partition coefficient (Wildman–Crippen LogP) is 2.88. The molecule has 3 saturated heterocycles. The highest BCUT2D eigenvalue weighted by Crippen LogP contribution is 2.51. The van der Waals surface area contributed by atoms with Crippen molar-refractivity contribution in [2.75, 3.05) is 46.0 Å². The van der Waals surface area contributed by atoms with Crippen molar-refractivity contribution in [2.45, 2.75) is 50.7 Å². The Morgan fingerprint density at radius 2 is 2.03 bits per heavy atom. The number of piperidine rings is 1. The summed E-state index contributed by atoms with van der Waals surface area (Å²) in [5.74, 6) is 2.24. The van der Waals surface area contributed by atoms with Crippen molar-refractivity contribution in [3.63, 3.8) is 0 Å². The lowest BCUT2D eigenvalue weighted by molar-refractivity contribution is -0.0624. The van der Waals surface area contributed by atoms with Gasteiger partial charge in [-0.25, -0.2) is 8.78 Å². The molecule has 1 aromatic rings. The van der Waals surface area contributed by atoms with Crippen LogP contribution >= 0.6 is 0 Å². The molecule has 0 radical (unpaired) electrons. The summed E-state index contributed by atoms with van der Waals surface area (Å²) < 4.78 is 45.5. The van der Waals surface area contributed by atoms with Crippen LogP contribution in [0.25, 0.3) is 0 Å². The fourth-order valence-electron chi connectivity index (χ4n) is 6.73. The molecule has 3 aliphatic heterocycles. The lowest BCUT2D eigenvalue weighted by Gasteiger charge is -2.53. The van der Waals surface area contributed by atoms with Gasteiger partial charge in [-0.05, 0) is 56.1 Å². The molecule has 0 amide bonds. The monoisotopic (exact) mass is 467 g/mol. The fourth-order valence-corrected chi connectivity index (χ4v) is 6.73. The first-order valence-electron chi connectivity index (χ1n) is 12.4. The Balaban J connectivity index is 1.28. The van der Waals surface area contributed by atoms with Gasteiger partial charge < -0.3 is 4.74 Å². The lowest BCUT2D eigenvalue weighted by atomic mass is 9.62. The molecule has 0 aromatic carbocycles. The Labute approximate surface area is 194 Å². The van der Waals surface area contributed by atoms with Crippen LogP contribution in [0, 0.1) is 23.7 Å². The number of hydrazine groups is 1. The number of nitrogens with one attached hydrogen (secondary N) is 2. The van der Waals surface area contributed by atoms with Crippen molar-refractivity contribution in [3.8, 4) is 5.75 Å². The zero-order valence-electron chi connectivity index (χ0n) is 19.3. The zero-order valence-corrected chi connectivity index (χ0v) is 19.3. The maximum absolute atomic E-state index is 13.5. The van der Waals surface area contributed by atoms with Gasteiger partial charge in [0.05, 0.1) is 31.2 Å². The molecule has 2 N–H and O–H groups in total. The van der Waals surface area contributed by atoms with Crippen LogP contribution in [-0.4, -0.2) is 79.3 Å². The van der Waals surface area contributed by atoms with Gasteiger partial charge in [-0.3, -0.25) is 30.0 Å². The van der Waals surface area contributed by atoms with Gasteiger partial charge in [0, 0.05) is 44.2 Å². The topological polar surface area (TPSA) is 52.7 Å². The van der Waals surface area contributed by atoms with Crippen LogP contribution < -0.4 is 15.6 Å². The van der Waals surface area contributed by atoms with Gasteiger partial charge in [-0.2, -0.15) is 0 Å². The van der Waals surface area contributed by atoms with E-state index in [-0.39, 0.29) is 31.2 Å². The van der Waals surface area contributed by atoms with Crippen molar-refractivity contribution in [3.05, 3.63) is 24.0 Å². The first kappa shape index (κ1) is 23.3.